The van der Waals surface area contributed by atoms with E-state index in [1.807, 2.05) is 24.3 Å². The monoisotopic (exact) mass is 232 g/mol. The second kappa shape index (κ2) is 5.48. The zero-order valence-corrected chi connectivity index (χ0v) is 10.5. The van der Waals surface area contributed by atoms with E-state index in [0.29, 0.717) is 25.0 Å². The van der Waals surface area contributed by atoms with Crippen LogP contribution in [0.5, 0.6) is 0 Å². The first-order valence-corrected chi connectivity index (χ1v) is 6.19. The van der Waals surface area contributed by atoms with Crippen molar-refractivity contribution in [2.75, 3.05) is 6.61 Å². The molecule has 0 fully saturated rings. The highest BCUT2D eigenvalue weighted by Gasteiger charge is 2.29. The molecule has 17 heavy (non-hydrogen) atoms. The fraction of sp³-hybridized carbons (Fsp3) is 0.467. The molecule has 1 aliphatic rings. The third-order valence-corrected chi connectivity index (χ3v) is 3.68. The van der Waals surface area contributed by atoms with E-state index in [1.165, 1.54) is 11.1 Å². The molecule has 1 N–H and O–H groups in total. The molecule has 3 atom stereocenters. The second-order valence-electron chi connectivity index (χ2n) is 4.86. The lowest BCUT2D eigenvalue weighted by Gasteiger charge is -2.16. The van der Waals surface area contributed by atoms with E-state index in [1.54, 1.807) is 0 Å². The van der Waals surface area contributed by atoms with Gasteiger partial charge in [-0.15, -0.1) is 0 Å². The van der Waals surface area contributed by atoms with Crippen molar-refractivity contribution in [1.82, 2.24) is 0 Å². The number of benzene rings is 1. The third-order valence-electron chi connectivity index (χ3n) is 3.68. The molecule has 2 unspecified atom stereocenters. The van der Waals surface area contributed by atoms with Gasteiger partial charge in [0.05, 0.1) is 19.3 Å². The summed E-state index contributed by atoms with van der Waals surface area (Å²) in [5.74, 6) is 0.728. The molecule has 0 radical (unpaired) electrons. The normalized spacial score (nSPS) is 28.2. The molecule has 0 spiro atoms. The lowest BCUT2D eigenvalue weighted by Crippen LogP contribution is -2.15. The van der Waals surface area contributed by atoms with Crippen LogP contribution in [0.15, 0.2) is 42.0 Å². The van der Waals surface area contributed by atoms with Crippen LogP contribution in [0.2, 0.25) is 0 Å². The minimum absolute atomic E-state index is 0.305. The van der Waals surface area contributed by atoms with Gasteiger partial charge in [-0.25, -0.2) is 0 Å². The lowest BCUT2D eigenvalue weighted by molar-refractivity contribution is 0.130. The first-order valence-electron chi connectivity index (χ1n) is 6.19. The van der Waals surface area contributed by atoms with E-state index < -0.39 is 0 Å². The van der Waals surface area contributed by atoms with Crippen molar-refractivity contribution >= 4 is 0 Å². The number of ether oxygens (including phenoxy) is 1. The quantitative estimate of drug-likeness (QED) is 0.809. The maximum Gasteiger partial charge on any atom is 0.0755 e. The molecule has 0 saturated heterocycles. The Kier molecular flexibility index (Phi) is 3.97. The summed E-state index contributed by atoms with van der Waals surface area (Å²) in [4.78, 5) is 0. The summed E-state index contributed by atoms with van der Waals surface area (Å²) in [6.07, 6.45) is 1.64. The van der Waals surface area contributed by atoms with Crippen LogP contribution in [0, 0.1) is 11.8 Å². The number of hydrogen-bond donors (Lipinski definition) is 1. The SMILES string of the molecule is CC1C(COCc2ccccc2)=C[C@H](O)C1C. The summed E-state index contributed by atoms with van der Waals surface area (Å²) >= 11 is 0. The van der Waals surface area contributed by atoms with Crippen LogP contribution >= 0.6 is 0 Å². The Labute approximate surface area is 103 Å². The summed E-state index contributed by atoms with van der Waals surface area (Å²) in [7, 11) is 0. The molecular weight excluding hydrogens is 212 g/mol. The number of hydrogen-bond acceptors (Lipinski definition) is 2. The molecule has 0 saturated carbocycles. The van der Waals surface area contributed by atoms with Crippen LogP contribution in [-0.4, -0.2) is 17.8 Å². The summed E-state index contributed by atoms with van der Waals surface area (Å²) in [5, 5.41) is 9.72. The van der Waals surface area contributed by atoms with Crippen LogP contribution in [0.25, 0.3) is 0 Å². The van der Waals surface area contributed by atoms with Crippen molar-refractivity contribution in [2.24, 2.45) is 11.8 Å². The molecule has 2 nitrogen and oxygen atoms in total. The van der Waals surface area contributed by atoms with E-state index in [9.17, 15) is 5.11 Å². The molecule has 1 aromatic carbocycles. The Bertz CT molecular complexity index is 383. The molecule has 2 heteroatoms. The molecule has 0 bridgehead atoms. The van der Waals surface area contributed by atoms with Crippen molar-refractivity contribution in [3.05, 3.63) is 47.5 Å². The van der Waals surface area contributed by atoms with Gasteiger partial charge in [-0.05, 0) is 23.0 Å². The van der Waals surface area contributed by atoms with Gasteiger partial charge in [-0.3, -0.25) is 0 Å². The number of aliphatic hydroxyl groups is 1. The highest BCUT2D eigenvalue weighted by molar-refractivity contribution is 5.19. The predicted octanol–water partition coefficient (Wildman–Crippen LogP) is 2.78. The van der Waals surface area contributed by atoms with Gasteiger partial charge in [-0.2, -0.15) is 0 Å². The zero-order valence-electron chi connectivity index (χ0n) is 10.5. The topological polar surface area (TPSA) is 29.5 Å². The second-order valence-corrected chi connectivity index (χ2v) is 4.86. The zero-order chi connectivity index (χ0) is 12.3. The Balaban J connectivity index is 1.82. The summed E-state index contributed by atoms with van der Waals surface area (Å²) in [6, 6.07) is 10.2. The fourth-order valence-electron chi connectivity index (χ4n) is 2.20. The van der Waals surface area contributed by atoms with Gasteiger partial charge >= 0.3 is 0 Å². The maximum atomic E-state index is 9.72. The molecule has 1 aliphatic carbocycles. The molecule has 0 aromatic heterocycles. The van der Waals surface area contributed by atoms with Gasteiger partial charge in [0.1, 0.15) is 0 Å². The average Bonchev–Trinajstić information content (AvgIpc) is 2.59. The Morgan fingerprint density at radius 1 is 1.12 bits per heavy atom. The Morgan fingerprint density at radius 2 is 1.82 bits per heavy atom. The van der Waals surface area contributed by atoms with Gasteiger partial charge in [0, 0.05) is 0 Å². The van der Waals surface area contributed by atoms with Crippen molar-refractivity contribution in [2.45, 2.75) is 26.6 Å². The van der Waals surface area contributed by atoms with Gasteiger partial charge in [0.2, 0.25) is 0 Å². The largest absolute Gasteiger partial charge is 0.389 e. The predicted molar refractivity (Wildman–Crippen MR) is 68.5 cm³/mol. The van der Waals surface area contributed by atoms with Crippen molar-refractivity contribution in [3.63, 3.8) is 0 Å². The highest BCUT2D eigenvalue weighted by Crippen LogP contribution is 2.31. The first kappa shape index (κ1) is 12.3. The van der Waals surface area contributed by atoms with Gasteiger partial charge in [0.15, 0.2) is 0 Å². The van der Waals surface area contributed by atoms with Gasteiger partial charge < -0.3 is 9.84 Å². The fourth-order valence-corrected chi connectivity index (χ4v) is 2.20. The summed E-state index contributed by atoms with van der Waals surface area (Å²) in [6.45, 7) is 5.49. The molecule has 92 valence electrons. The molecule has 0 aliphatic heterocycles. The minimum atomic E-state index is -0.305. The van der Waals surface area contributed by atoms with Crippen molar-refractivity contribution in [1.29, 1.82) is 0 Å². The van der Waals surface area contributed by atoms with Crippen LogP contribution in [-0.2, 0) is 11.3 Å². The number of aliphatic hydroxyl groups excluding tert-OH is 1. The Hall–Kier alpha value is -1.12. The standard InChI is InChI=1S/C15H20O2/c1-11-12(2)15(16)8-14(11)10-17-9-13-6-4-3-5-7-13/h3-8,11-12,15-16H,9-10H2,1-2H3/t11?,12?,15-/m0/s1. The lowest BCUT2D eigenvalue weighted by atomic mass is 9.94. The summed E-state index contributed by atoms with van der Waals surface area (Å²) < 4.78 is 5.69. The highest BCUT2D eigenvalue weighted by atomic mass is 16.5. The van der Waals surface area contributed by atoms with E-state index in [-0.39, 0.29) is 6.10 Å². The van der Waals surface area contributed by atoms with E-state index in [0.717, 1.165) is 0 Å². The minimum Gasteiger partial charge on any atom is -0.389 e. The maximum absolute atomic E-state index is 9.72. The average molecular weight is 232 g/mol. The van der Waals surface area contributed by atoms with E-state index in [2.05, 4.69) is 26.0 Å². The van der Waals surface area contributed by atoms with Crippen LogP contribution in [0.1, 0.15) is 19.4 Å². The smallest absolute Gasteiger partial charge is 0.0755 e. The number of rotatable bonds is 4. The van der Waals surface area contributed by atoms with Gasteiger partial charge in [-0.1, -0.05) is 50.3 Å². The van der Waals surface area contributed by atoms with Crippen molar-refractivity contribution in [3.8, 4) is 0 Å². The molecule has 0 amide bonds. The van der Waals surface area contributed by atoms with Gasteiger partial charge in [0.25, 0.3) is 0 Å². The van der Waals surface area contributed by atoms with E-state index in [4.69, 9.17) is 4.74 Å². The van der Waals surface area contributed by atoms with Crippen LogP contribution < -0.4 is 0 Å². The van der Waals surface area contributed by atoms with Crippen LogP contribution in [0.4, 0.5) is 0 Å². The Morgan fingerprint density at radius 3 is 2.41 bits per heavy atom. The third kappa shape index (κ3) is 2.96. The molecule has 2 rings (SSSR count). The van der Waals surface area contributed by atoms with Crippen molar-refractivity contribution < 1.29 is 9.84 Å². The van der Waals surface area contributed by atoms with Crippen LogP contribution in [0.3, 0.4) is 0 Å². The molecule has 0 heterocycles. The first-order chi connectivity index (χ1) is 8.18. The summed E-state index contributed by atoms with van der Waals surface area (Å²) in [5.41, 5.74) is 2.41. The molecular formula is C15H20O2. The molecule has 1 aromatic rings. The van der Waals surface area contributed by atoms with E-state index >= 15 is 0 Å².